The van der Waals surface area contributed by atoms with Crippen LogP contribution < -0.4 is 5.32 Å². The minimum absolute atomic E-state index is 0.162. The lowest BCUT2D eigenvalue weighted by Gasteiger charge is -2.27. The summed E-state index contributed by atoms with van der Waals surface area (Å²) in [4.78, 5) is 0. The molecule has 13 heavy (non-hydrogen) atoms. The summed E-state index contributed by atoms with van der Waals surface area (Å²) in [6.45, 7) is 0. The lowest BCUT2D eigenvalue weighted by molar-refractivity contribution is 0.0736. The SMILES string of the molecule is CNC1CCC2=CC=C=CC=C2O1. The Morgan fingerprint density at radius 1 is 1.46 bits per heavy atom. The van der Waals surface area contributed by atoms with E-state index in [9.17, 15) is 0 Å². The molecule has 2 heteroatoms. The maximum absolute atomic E-state index is 5.71. The first-order valence-electron chi connectivity index (χ1n) is 4.56. The summed E-state index contributed by atoms with van der Waals surface area (Å²) in [5.41, 5.74) is 4.30. The highest BCUT2D eigenvalue weighted by Crippen LogP contribution is 2.27. The third-order valence-corrected chi connectivity index (χ3v) is 2.30. The van der Waals surface area contributed by atoms with Crippen molar-refractivity contribution in [2.45, 2.75) is 19.1 Å². The van der Waals surface area contributed by atoms with Crippen LogP contribution in [0.25, 0.3) is 0 Å². The van der Waals surface area contributed by atoms with Gasteiger partial charge in [0.2, 0.25) is 0 Å². The molecule has 2 rings (SSSR count). The van der Waals surface area contributed by atoms with Crippen LogP contribution in [0, 0.1) is 0 Å². The third-order valence-electron chi connectivity index (χ3n) is 2.30. The van der Waals surface area contributed by atoms with E-state index in [2.05, 4.69) is 17.1 Å². The highest BCUT2D eigenvalue weighted by molar-refractivity contribution is 5.35. The van der Waals surface area contributed by atoms with Gasteiger partial charge in [0.1, 0.15) is 12.0 Å². The number of fused-ring (bicyclic) bond motifs is 1. The van der Waals surface area contributed by atoms with Crippen molar-refractivity contribution in [2.24, 2.45) is 0 Å². The molecule has 1 aliphatic carbocycles. The maximum Gasteiger partial charge on any atom is 0.150 e. The van der Waals surface area contributed by atoms with E-state index >= 15 is 0 Å². The van der Waals surface area contributed by atoms with Crippen molar-refractivity contribution < 1.29 is 4.74 Å². The predicted molar refractivity (Wildman–Crippen MR) is 52.0 cm³/mol. The monoisotopic (exact) mass is 175 g/mol. The minimum atomic E-state index is 0.162. The van der Waals surface area contributed by atoms with Gasteiger partial charge in [0.25, 0.3) is 0 Å². The van der Waals surface area contributed by atoms with Crippen LogP contribution in [0.5, 0.6) is 0 Å². The van der Waals surface area contributed by atoms with Gasteiger partial charge in [-0.1, -0.05) is 0 Å². The van der Waals surface area contributed by atoms with Gasteiger partial charge in [0.05, 0.1) is 0 Å². The molecule has 0 saturated carbocycles. The second-order valence-corrected chi connectivity index (χ2v) is 3.16. The fraction of sp³-hybridized carbons (Fsp3) is 0.364. The fourth-order valence-electron chi connectivity index (χ4n) is 1.54. The molecule has 1 heterocycles. The molecule has 1 saturated heterocycles. The van der Waals surface area contributed by atoms with E-state index in [1.165, 1.54) is 5.57 Å². The van der Waals surface area contributed by atoms with Crippen LogP contribution in [0.4, 0.5) is 0 Å². The van der Waals surface area contributed by atoms with Crippen LogP contribution >= 0.6 is 0 Å². The molecule has 1 fully saturated rings. The van der Waals surface area contributed by atoms with Gasteiger partial charge in [-0.15, -0.1) is 5.73 Å². The molecule has 0 amide bonds. The molecular weight excluding hydrogens is 162 g/mol. The zero-order valence-corrected chi connectivity index (χ0v) is 7.71. The first kappa shape index (κ1) is 8.36. The number of hydrogen-bond acceptors (Lipinski definition) is 2. The van der Waals surface area contributed by atoms with Gasteiger partial charge in [-0.2, -0.15) is 0 Å². The van der Waals surface area contributed by atoms with Crippen molar-refractivity contribution in [1.82, 2.24) is 5.32 Å². The molecule has 1 N–H and O–H groups in total. The zero-order chi connectivity index (χ0) is 9.10. The second-order valence-electron chi connectivity index (χ2n) is 3.16. The molecule has 0 radical (unpaired) electrons. The average molecular weight is 175 g/mol. The standard InChI is InChI=1S/C11H13NO/c1-12-11-8-7-9-5-3-2-4-6-10(9)13-11/h3-6,11-12H,7-8H2,1H3. The molecule has 1 unspecified atom stereocenters. The quantitative estimate of drug-likeness (QED) is 0.614. The van der Waals surface area contributed by atoms with Gasteiger partial charge in [-0.05, 0) is 43.3 Å². The molecule has 0 aromatic carbocycles. The number of rotatable bonds is 1. The number of allylic oxidation sites excluding steroid dienone is 4. The molecule has 0 aromatic rings. The van der Waals surface area contributed by atoms with Crippen molar-refractivity contribution >= 4 is 0 Å². The summed E-state index contributed by atoms with van der Waals surface area (Å²) < 4.78 is 5.71. The Morgan fingerprint density at radius 3 is 3.15 bits per heavy atom. The Morgan fingerprint density at radius 2 is 2.31 bits per heavy atom. The van der Waals surface area contributed by atoms with Crippen LogP contribution in [0.2, 0.25) is 0 Å². The van der Waals surface area contributed by atoms with Crippen LogP contribution in [0.15, 0.2) is 41.4 Å². The highest BCUT2D eigenvalue weighted by atomic mass is 16.5. The van der Waals surface area contributed by atoms with E-state index in [0.717, 1.165) is 18.6 Å². The number of hydrogen-bond donors (Lipinski definition) is 1. The van der Waals surface area contributed by atoms with Gasteiger partial charge in [-0.25, -0.2) is 0 Å². The maximum atomic E-state index is 5.71. The molecule has 0 aromatic heterocycles. The lowest BCUT2D eigenvalue weighted by atomic mass is 10.0. The molecule has 0 spiro atoms. The molecule has 1 atom stereocenters. The smallest absolute Gasteiger partial charge is 0.150 e. The summed E-state index contributed by atoms with van der Waals surface area (Å²) in [5.74, 6) is 0.979. The first-order chi connectivity index (χ1) is 6.40. The van der Waals surface area contributed by atoms with Crippen LogP contribution in [-0.4, -0.2) is 13.3 Å². The predicted octanol–water partition coefficient (Wildman–Crippen LogP) is 1.88. The zero-order valence-electron chi connectivity index (χ0n) is 7.71. The summed E-state index contributed by atoms with van der Waals surface area (Å²) >= 11 is 0. The van der Waals surface area contributed by atoms with Crippen LogP contribution in [0.1, 0.15) is 12.8 Å². The van der Waals surface area contributed by atoms with E-state index in [1.54, 1.807) is 0 Å². The molecule has 68 valence electrons. The second kappa shape index (κ2) is 3.65. The Hall–Kier alpha value is -1.24. The molecule has 2 nitrogen and oxygen atoms in total. The average Bonchev–Trinajstić information content (AvgIpc) is 2.41. The third kappa shape index (κ3) is 1.74. The Bertz CT molecular complexity index is 319. The molecule has 0 bridgehead atoms. The first-order valence-corrected chi connectivity index (χ1v) is 4.56. The van der Waals surface area contributed by atoms with E-state index in [1.807, 2.05) is 25.3 Å². The number of nitrogens with one attached hydrogen (secondary N) is 1. The van der Waals surface area contributed by atoms with Crippen LogP contribution in [0.3, 0.4) is 0 Å². The van der Waals surface area contributed by atoms with E-state index < -0.39 is 0 Å². The van der Waals surface area contributed by atoms with Crippen molar-refractivity contribution in [1.29, 1.82) is 0 Å². The highest BCUT2D eigenvalue weighted by Gasteiger charge is 2.19. The summed E-state index contributed by atoms with van der Waals surface area (Å²) in [5, 5.41) is 3.12. The van der Waals surface area contributed by atoms with E-state index in [4.69, 9.17) is 4.74 Å². The van der Waals surface area contributed by atoms with Gasteiger partial charge in [-0.3, -0.25) is 5.32 Å². The van der Waals surface area contributed by atoms with E-state index in [0.29, 0.717) is 0 Å². The summed E-state index contributed by atoms with van der Waals surface area (Å²) in [6.07, 6.45) is 10.1. The van der Waals surface area contributed by atoms with Gasteiger partial charge >= 0.3 is 0 Å². The van der Waals surface area contributed by atoms with Gasteiger partial charge in [0, 0.05) is 6.42 Å². The van der Waals surface area contributed by atoms with Crippen molar-refractivity contribution in [3.8, 4) is 0 Å². The van der Waals surface area contributed by atoms with E-state index in [-0.39, 0.29) is 6.23 Å². The Labute approximate surface area is 78.3 Å². The molecule has 2 aliphatic rings. The Kier molecular flexibility index (Phi) is 2.35. The van der Waals surface area contributed by atoms with Crippen molar-refractivity contribution in [2.75, 3.05) is 7.05 Å². The molecular formula is C11H13NO. The molecule has 1 aliphatic heterocycles. The van der Waals surface area contributed by atoms with Gasteiger partial charge in [0.15, 0.2) is 0 Å². The van der Waals surface area contributed by atoms with Crippen LogP contribution in [-0.2, 0) is 4.74 Å². The summed E-state index contributed by atoms with van der Waals surface area (Å²) in [6, 6.07) is 0. The topological polar surface area (TPSA) is 21.3 Å². The van der Waals surface area contributed by atoms with Crippen molar-refractivity contribution in [3.63, 3.8) is 0 Å². The largest absolute Gasteiger partial charge is 0.475 e. The summed E-state index contributed by atoms with van der Waals surface area (Å²) in [7, 11) is 1.92. The fourth-order valence-corrected chi connectivity index (χ4v) is 1.54. The lowest BCUT2D eigenvalue weighted by Crippen LogP contribution is -2.31. The Balaban J connectivity index is 2.20. The van der Waals surface area contributed by atoms with Crippen molar-refractivity contribution in [3.05, 3.63) is 41.4 Å². The van der Waals surface area contributed by atoms with Gasteiger partial charge < -0.3 is 4.74 Å². The normalized spacial score (nSPS) is 25.5. The minimum Gasteiger partial charge on any atom is -0.475 e. The number of ether oxygens (including phenoxy) is 1.